The number of ether oxygens (including phenoxy) is 3. The van der Waals surface area contributed by atoms with Crippen molar-refractivity contribution >= 4 is 11.8 Å². The molecule has 1 saturated heterocycles. The highest BCUT2D eigenvalue weighted by Gasteiger charge is 2.28. The fourth-order valence-electron chi connectivity index (χ4n) is 3.07. The van der Waals surface area contributed by atoms with E-state index in [0.717, 1.165) is 12.8 Å². The van der Waals surface area contributed by atoms with Gasteiger partial charge in [0.25, 0.3) is 5.91 Å². The molecule has 0 bridgehead atoms. The summed E-state index contributed by atoms with van der Waals surface area (Å²) in [5.74, 6) is 1.61. The van der Waals surface area contributed by atoms with E-state index >= 15 is 0 Å². The number of nitrogens with one attached hydrogen (secondary N) is 1. The van der Waals surface area contributed by atoms with Crippen molar-refractivity contribution in [2.45, 2.75) is 19.8 Å². The second-order valence-corrected chi connectivity index (χ2v) is 6.05. The highest BCUT2D eigenvalue weighted by Crippen LogP contribution is 2.40. The topological polar surface area (TPSA) is 77.1 Å². The summed E-state index contributed by atoms with van der Waals surface area (Å²) in [5, 5.41) is 2.84. The van der Waals surface area contributed by atoms with Crippen molar-refractivity contribution in [1.82, 2.24) is 10.2 Å². The Hall–Kier alpha value is -2.44. The molecule has 2 rings (SSSR count). The summed E-state index contributed by atoms with van der Waals surface area (Å²) < 4.78 is 16.0. The molecule has 25 heavy (non-hydrogen) atoms. The molecule has 7 nitrogen and oxygen atoms in total. The molecule has 1 fully saturated rings. The summed E-state index contributed by atoms with van der Waals surface area (Å²) in [6.45, 7) is 3.49. The summed E-state index contributed by atoms with van der Waals surface area (Å²) in [6, 6.07) is 3.41. The van der Waals surface area contributed by atoms with Gasteiger partial charge >= 0.3 is 0 Å². The number of hydrogen-bond donors (Lipinski definition) is 1. The molecule has 1 N–H and O–H groups in total. The molecule has 138 valence electrons. The fourth-order valence-corrected chi connectivity index (χ4v) is 3.07. The molecule has 0 spiro atoms. The van der Waals surface area contributed by atoms with Crippen LogP contribution in [-0.2, 0) is 4.79 Å². The molecule has 0 unspecified atom stereocenters. The Morgan fingerprint density at radius 1 is 1.08 bits per heavy atom. The van der Waals surface area contributed by atoms with Gasteiger partial charge in [0.2, 0.25) is 11.7 Å². The third-order valence-corrected chi connectivity index (χ3v) is 4.48. The Kier molecular flexibility index (Phi) is 6.50. The SMILES string of the molecule is COc1ccc(C(=O)N2CCC(CNC(C)=O)CC2)c(OC)c1OC. The van der Waals surface area contributed by atoms with Crippen molar-refractivity contribution in [2.75, 3.05) is 41.0 Å². The molecule has 2 amide bonds. The maximum absolute atomic E-state index is 12.9. The molecule has 0 aliphatic carbocycles. The monoisotopic (exact) mass is 350 g/mol. The van der Waals surface area contributed by atoms with Gasteiger partial charge in [-0.15, -0.1) is 0 Å². The molecule has 1 aliphatic heterocycles. The molecular weight excluding hydrogens is 324 g/mol. The molecule has 0 radical (unpaired) electrons. The fraction of sp³-hybridized carbons (Fsp3) is 0.556. The lowest BCUT2D eigenvalue weighted by atomic mass is 9.96. The number of likely N-dealkylation sites (tertiary alicyclic amines) is 1. The summed E-state index contributed by atoms with van der Waals surface area (Å²) in [4.78, 5) is 25.7. The van der Waals surface area contributed by atoms with Gasteiger partial charge in [0.05, 0.1) is 26.9 Å². The minimum atomic E-state index is -0.0872. The van der Waals surface area contributed by atoms with Crippen LogP contribution in [0.15, 0.2) is 12.1 Å². The van der Waals surface area contributed by atoms with Crippen LogP contribution in [-0.4, -0.2) is 57.7 Å². The Labute approximate surface area is 148 Å². The standard InChI is InChI=1S/C18H26N2O5/c1-12(21)19-11-13-7-9-20(10-8-13)18(22)14-5-6-15(23-2)17(25-4)16(14)24-3/h5-6,13H,7-11H2,1-4H3,(H,19,21). The van der Waals surface area contributed by atoms with Crippen LogP contribution in [0.25, 0.3) is 0 Å². The molecule has 1 heterocycles. The third kappa shape index (κ3) is 4.35. The molecule has 7 heteroatoms. The highest BCUT2D eigenvalue weighted by molar-refractivity contribution is 5.98. The van der Waals surface area contributed by atoms with Crippen molar-refractivity contribution in [1.29, 1.82) is 0 Å². The Morgan fingerprint density at radius 3 is 2.24 bits per heavy atom. The van der Waals surface area contributed by atoms with E-state index in [-0.39, 0.29) is 11.8 Å². The maximum Gasteiger partial charge on any atom is 0.257 e. The number of hydrogen-bond acceptors (Lipinski definition) is 5. The minimum Gasteiger partial charge on any atom is -0.493 e. The van der Waals surface area contributed by atoms with Gasteiger partial charge in [0, 0.05) is 26.6 Å². The highest BCUT2D eigenvalue weighted by atomic mass is 16.5. The first-order valence-electron chi connectivity index (χ1n) is 8.34. The lowest BCUT2D eigenvalue weighted by Crippen LogP contribution is -2.41. The van der Waals surface area contributed by atoms with E-state index < -0.39 is 0 Å². The zero-order valence-corrected chi connectivity index (χ0v) is 15.3. The van der Waals surface area contributed by atoms with E-state index in [1.165, 1.54) is 21.1 Å². The quantitative estimate of drug-likeness (QED) is 0.845. The van der Waals surface area contributed by atoms with Crippen molar-refractivity contribution in [3.63, 3.8) is 0 Å². The van der Waals surface area contributed by atoms with E-state index in [4.69, 9.17) is 14.2 Å². The van der Waals surface area contributed by atoms with Gasteiger partial charge in [0.1, 0.15) is 0 Å². The van der Waals surface area contributed by atoms with Crippen LogP contribution in [0.5, 0.6) is 17.2 Å². The van der Waals surface area contributed by atoms with Crippen molar-refractivity contribution in [3.05, 3.63) is 17.7 Å². The molecule has 1 aromatic rings. The zero-order valence-electron chi connectivity index (χ0n) is 15.3. The van der Waals surface area contributed by atoms with Gasteiger partial charge in [-0.3, -0.25) is 9.59 Å². The largest absolute Gasteiger partial charge is 0.493 e. The van der Waals surface area contributed by atoms with Crippen LogP contribution in [0.4, 0.5) is 0 Å². The summed E-state index contributed by atoms with van der Waals surface area (Å²) in [5.41, 5.74) is 0.459. The van der Waals surface area contributed by atoms with Crippen LogP contribution < -0.4 is 19.5 Å². The predicted octanol–water partition coefficient (Wildman–Crippen LogP) is 1.70. The number of piperidine rings is 1. The Balaban J connectivity index is 2.10. The lowest BCUT2D eigenvalue weighted by molar-refractivity contribution is -0.119. The Bertz CT molecular complexity index is 624. The minimum absolute atomic E-state index is 0.0198. The van der Waals surface area contributed by atoms with E-state index in [9.17, 15) is 9.59 Å². The van der Waals surface area contributed by atoms with E-state index in [0.29, 0.717) is 48.4 Å². The van der Waals surface area contributed by atoms with Gasteiger partial charge < -0.3 is 24.4 Å². The van der Waals surface area contributed by atoms with Crippen LogP contribution in [0.3, 0.4) is 0 Å². The van der Waals surface area contributed by atoms with Crippen LogP contribution in [0.2, 0.25) is 0 Å². The maximum atomic E-state index is 12.9. The van der Waals surface area contributed by atoms with Crippen LogP contribution in [0.1, 0.15) is 30.1 Å². The number of nitrogens with zero attached hydrogens (tertiary/aromatic N) is 1. The molecule has 1 aromatic carbocycles. The lowest BCUT2D eigenvalue weighted by Gasteiger charge is -2.32. The van der Waals surface area contributed by atoms with E-state index in [2.05, 4.69) is 5.32 Å². The number of methoxy groups -OCH3 is 3. The first-order chi connectivity index (χ1) is 12.0. The van der Waals surface area contributed by atoms with E-state index in [1.54, 1.807) is 19.2 Å². The third-order valence-electron chi connectivity index (χ3n) is 4.48. The second kappa shape index (κ2) is 8.60. The number of carbonyl (C=O) groups is 2. The normalized spacial score (nSPS) is 14.8. The zero-order chi connectivity index (χ0) is 18.4. The van der Waals surface area contributed by atoms with E-state index in [1.807, 2.05) is 4.90 Å². The predicted molar refractivity (Wildman–Crippen MR) is 93.4 cm³/mol. The van der Waals surface area contributed by atoms with Crippen LogP contribution in [0, 0.1) is 5.92 Å². The second-order valence-electron chi connectivity index (χ2n) is 6.05. The molecule has 0 saturated carbocycles. The van der Waals surface area contributed by atoms with Gasteiger partial charge in [-0.05, 0) is 30.9 Å². The number of rotatable bonds is 6. The first-order valence-corrected chi connectivity index (χ1v) is 8.34. The van der Waals surface area contributed by atoms with Crippen molar-refractivity contribution < 1.29 is 23.8 Å². The smallest absolute Gasteiger partial charge is 0.257 e. The summed E-state index contributed by atoms with van der Waals surface area (Å²) in [6.07, 6.45) is 1.73. The Morgan fingerprint density at radius 2 is 1.72 bits per heavy atom. The average Bonchev–Trinajstić information content (AvgIpc) is 2.64. The van der Waals surface area contributed by atoms with Gasteiger partial charge in [-0.1, -0.05) is 0 Å². The molecule has 1 aliphatic rings. The van der Waals surface area contributed by atoms with Crippen LogP contribution >= 0.6 is 0 Å². The molecular formula is C18H26N2O5. The summed E-state index contributed by atoms with van der Waals surface area (Å²) >= 11 is 0. The van der Waals surface area contributed by atoms with Gasteiger partial charge in [-0.2, -0.15) is 0 Å². The van der Waals surface area contributed by atoms with Crippen molar-refractivity contribution in [3.8, 4) is 17.2 Å². The van der Waals surface area contributed by atoms with Crippen molar-refractivity contribution in [2.24, 2.45) is 5.92 Å². The summed E-state index contributed by atoms with van der Waals surface area (Å²) in [7, 11) is 4.56. The number of carbonyl (C=O) groups excluding carboxylic acids is 2. The van der Waals surface area contributed by atoms with Gasteiger partial charge in [-0.25, -0.2) is 0 Å². The number of amides is 2. The number of benzene rings is 1. The molecule has 0 aromatic heterocycles. The average molecular weight is 350 g/mol. The molecule has 0 atom stereocenters. The van der Waals surface area contributed by atoms with Gasteiger partial charge in [0.15, 0.2) is 11.5 Å². The first kappa shape index (κ1) is 18.9.